The van der Waals surface area contributed by atoms with E-state index in [1.54, 1.807) is 6.20 Å². The Morgan fingerprint density at radius 3 is 2.47 bits per heavy atom. The highest BCUT2D eigenvalue weighted by Crippen LogP contribution is 2.16. The summed E-state index contributed by atoms with van der Waals surface area (Å²) in [6.07, 6.45) is 1.71. The van der Waals surface area contributed by atoms with Crippen LogP contribution in [-0.4, -0.2) is 86.3 Å². The van der Waals surface area contributed by atoms with E-state index in [1.165, 1.54) is 5.56 Å². The molecule has 2 fully saturated rings. The molecule has 0 bridgehead atoms. The first-order valence-corrected chi connectivity index (χ1v) is 10.8. The summed E-state index contributed by atoms with van der Waals surface area (Å²) in [5.74, 6) is -0.104. The normalized spacial score (nSPS) is 18.3. The van der Waals surface area contributed by atoms with Gasteiger partial charge in [0.2, 0.25) is 0 Å². The maximum absolute atomic E-state index is 12.5. The van der Waals surface area contributed by atoms with Crippen molar-refractivity contribution in [2.24, 2.45) is 0 Å². The second-order valence-electron chi connectivity index (χ2n) is 7.86. The van der Waals surface area contributed by atoms with E-state index < -0.39 is 0 Å². The lowest BCUT2D eigenvalue weighted by Crippen LogP contribution is -2.48. The minimum atomic E-state index is -0.104. The van der Waals surface area contributed by atoms with Gasteiger partial charge in [-0.2, -0.15) is 0 Å². The number of benzene rings is 1. The lowest BCUT2D eigenvalue weighted by Gasteiger charge is -2.34. The number of hydrogen-bond acceptors (Lipinski definition) is 6. The van der Waals surface area contributed by atoms with Crippen LogP contribution in [0.15, 0.2) is 48.7 Å². The Labute approximate surface area is 178 Å². The predicted molar refractivity (Wildman–Crippen MR) is 118 cm³/mol. The van der Waals surface area contributed by atoms with E-state index in [-0.39, 0.29) is 5.91 Å². The van der Waals surface area contributed by atoms with Gasteiger partial charge in [-0.1, -0.05) is 30.3 Å². The Morgan fingerprint density at radius 2 is 1.70 bits per heavy atom. The van der Waals surface area contributed by atoms with Crippen LogP contribution in [0.1, 0.15) is 16.1 Å². The van der Waals surface area contributed by atoms with Gasteiger partial charge in [-0.25, -0.2) is 0 Å². The molecule has 7 nitrogen and oxygen atoms in total. The second-order valence-corrected chi connectivity index (χ2v) is 7.86. The van der Waals surface area contributed by atoms with Crippen molar-refractivity contribution < 1.29 is 9.53 Å². The maximum atomic E-state index is 12.5. The van der Waals surface area contributed by atoms with Crippen molar-refractivity contribution >= 4 is 11.6 Å². The third-order valence-corrected chi connectivity index (χ3v) is 5.78. The van der Waals surface area contributed by atoms with Crippen LogP contribution >= 0.6 is 0 Å². The first-order chi connectivity index (χ1) is 14.8. The van der Waals surface area contributed by atoms with Crippen molar-refractivity contribution in [1.82, 2.24) is 20.1 Å². The average Bonchev–Trinajstić information content (AvgIpc) is 2.81. The molecule has 0 unspecified atom stereocenters. The first kappa shape index (κ1) is 20.8. The van der Waals surface area contributed by atoms with Crippen molar-refractivity contribution in [3.63, 3.8) is 0 Å². The molecule has 0 radical (unpaired) electrons. The third-order valence-electron chi connectivity index (χ3n) is 5.78. The molecule has 1 N–H and O–H groups in total. The van der Waals surface area contributed by atoms with Crippen molar-refractivity contribution in [1.29, 1.82) is 0 Å². The molecule has 2 aromatic rings. The van der Waals surface area contributed by atoms with Gasteiger partial charge in [-0.15, -0.1) is 0 Å². The molecule has 2 saturated heterocycles. The number of carbonyl (C=O) groups excluding carboxylic acids is 1. The number of anilines is 1. The SMILES string of the molecule is O=C(NCCN1CCN(Cc2ccccc2)CC1)c1cc(N2CCOCC2)ccn1. The monoisotopic (exact) mass is 409 g/mol. The van der Waals surface area contributed by atoms with Gasteiger partial charge in [0, 0.05) is 70.8 Å². The van der Waals surface area contributed by atoms with Crippen LogP contribution in [0, 0.1) is 0 Å². The Hall–Kier alpha value is -2.48. The average molecular weight is 410 g/mol. The molecule has 1 aromatic carbocycles. The van der Waals surface area contributed by atoms with Gasteiger partial charge in [0.25, 0.3) is 5.91 Å². The Kier molecular flexibility index (Phi) is 7.29. The van der Waals surface area contributed by atoms with Crippen molar-refractivity contribution in [3.8, 4) is 0 Å². The molecule has 3 heterocycles. The molecule has 30 heavy (non-hydrogen) atoms. The molecule has 160 valence electrons. The van der Waals surface area contributed by atoms with Gasteiger partial charge >= 0.3 is 0 Å². The highest BCUT2D eigenvalue weighted by atomic mass is 16.5. The summed E-state index contributed by atoms with van der Waals surface area (Å²) >= 11 is 0. The van der Waals surface area contributed by atoms with E-state index in [0.717, 1.165) is 71.3 Å². The summed E-state index contributed by atoms with van der Waals surface area (Å²) < 4.78 is 5.40. The Morgan fingerprint density at radius 1 is 0.967 bits per heavy atom. The molecule has 2 aliphatic heterocycles. The molecule has 4 rings (SSSR count). The number of hydrogen-bond donors (Lipinski definition) is 1. The number of nitrogens with one attached hydrogen (secondary N) is 1. The van der Waals surface area contributed by atoms with E-state index in [4.69, 9.17) is 4.74 Å². The van der Waals surface area contributed by atoms with Gasteiger partial charge in [-0.3, -0.25) is 19.6 Å². The van der Waals surface area contributed by atoms with Gasteiger partial charge < -0.3 is 15.0 Å². The van der Waals surface area contributed by atoms with Crippen molar-refractivity contribution in [2.75, 3.05) is 70.5 Å². The molecule has 0 spiro atoms. The van der Waals surface area contributed by atoms with Crippen LogP contribution in [0.2, 0.25) is 0 Å². The standard InChI is InChI=1S/C23H31N5O2/c29-23(22-18-21(6-7-24-22)28-14-16-30-17-15-28)25-8-9-26-10-12-27(13-11-26)19-20-4-2-1-3-5-20/h1-7,18H,8-17,19H2,(H,25,29). The number of nitrogens with zero attached hydrogens (tertiary/aromatic N) is 4. The number of amides is 1. The highest BCUT2D eigenvalue weighted by Gasteiger charge is 2.18. The van der Waals surface area contributed by atoms with E-state index >= 15 is 0 Å². The number of piperazine rings is 1. The van der Waals surface area contributed by atoms with E-state index in [1.807, 2.05) is 12.1 Å². The molecule has 0 saturated carbocycles. The Balaban J connectivity index is 1.18. The van der Waals surface area contributed by atoms with Gasteiger partial charge in [-0.05, 0) is 17.7 Å². The summed E-state index contributed by atoms with van der Waals surface area (Å²) in [4.78, 5) is 23.9. The molecule has 7 heteroatoms. The largest absolute Gasteiger partial charge is 0.378 e. The number of carbonyl (C=O) groups is 1. The van der Waals surface area contributed by atoms with Gasteiger partial charge in [0.1, 0.15) is 5.69 Å². The molecule has 2 aliphatic rings. The van der Waals surface area contributed by atoms with Crippen LogP contribution in [0.5, 0.6) is 0 Å². The summed E-state index contributed by atoms with van der Waals surface area (Å²) in [6, 6.07) is 14.5. The van der Waals surface area contributed by atoms with Crippen LogP contribution in [0.3, 0.4) is 0 Å². The van der Waals surface area contributed by atoms with Crippen LogP contribution in [0.25, 0.3) is 0 Å². The maximum Gasteiger partial charge on any atom is 0.269 e. The Bertz CT molecular complexity index is 802. The fourth-order valence-electron chi connectivity index (χ4n) is 3.99. The number of rotatable bonds is 7. The molecule has 0 aliphatic carbocycles. The molecule has 1 amide bonds. The molecular weight excluding hydrogens is 378 g/mol. The van der Waals surface area contributed by atoms with Crippen LogP contribution in [-0.2, 0) is 11.3 Å². The number of pyridine rings is 1. The summed E-state index contributed by atoms with van der Waals surface area (Å²) in [7, 11) is 0. The zero-order chi connectivity index (χ0) is 20.6. The molecule has 1 aromatic heterocycles. The van der Waals surface area contributed by atoms with Gasteiger partial charge in [0.15, 0.2) is 0 Å². The summed E-state index contributed by atoms with van der Waals surface area (Å²) in [5.41, 5.74) is 2.88. The number of ether oxygens (including phenoxy) is 1. The smallest absolute Gasteiger partial charge is 0.269 e. The lowest BCUT2D eigenvalue weighted by molar-refractivity contribution is 0.0929. The van der Waals surface area contributed by atoms with Crippen molar-refractivity contribution in [2.45, 2.75) is 6.54 Å². The zero-order valence-corrected chi connectivity index (χ0v) is 17.5. The predicted octanol–water partition coefficient (Wildman–Crippen LogP) is 1.47. The fraction of sp³-hybridized carbons (Fsp3) is 0.478. The van der Waals surface area contributed by atoms with E-state index in [9.17, 15) is 4.79 Å². The zero-order valence-electron chi connectivity index (χ0n) is 17.5. The topological polar surface area (TPSA) is 60.9 Å². The first-order valence-electron chi connectivity index (χ1n) is 10.8. The lowest BCUT2D eigenvalue weighted by atomic mass is 10.2. The van der Waals surface area contributed by atoms with E-state index in [2.05, 4.69) is 55.3 Å². The minimum Gasteiger partial charge on any atom is -0.378 e. The van der Waals surface area contributed by atoms with Crippen molar-refractivity contribution in [3.05, 3.63) is 59.9 Å². The second kappa shape index (κ2) is 10.5. The minimum absolute atomic E-state index is 0.104. The fourth-order valence-corrected chi connectivity index (χ4v) is 3.99. The molecular formula is C23H31N5O2. The quantitative estimate of drug-likeness (QED) is 0.747. The highest BCUT2D eigenvalue weighted by molar-refractivity contribution is 5.93. The number of aromatic nitrogens is 1. The number of morpholine rings is 1. The summed E-state index contributed by atoms with van der Waals surface area (Å²) in [5, 5.41) is 3.03. The van der Waals surface area contributed by atoms with Crippen LogP contribution in [0.4, 0.5) is 5.69 Å². The summed E-state index contributed by atoms with van der Waals surface area (Å²) in [6.45, 7) is 9.86. The van der Waals surface area contributed by atoms with Crippen LogP contribution < -0.4 is 10.2 Å². The van der Waals surface area contributed by atoms with Gasteiger partial charge in [0.05, 0.1) is 13.2 Å². The van der Waals surface area contributed by atoms with E-state index in [0.29, 0.717) is 12.2 Å². The molecule has 0 atom stereocenters. The third kappa shape index (κ3) is 5.78.